The van der Waals surface area contributed by atoms with Crippen LogP contribution in [0.4, 0.5) is 0 Å². The standard InChI is InChI=1S/C15H22ClN3OS/c1-4-7-17-13(15-11(16)6-9-21-15)14-12(20-3)10-18-19(14)8-5-2/h6,9-10,13,17H,4-5,7-8H2,1-3H3. The van der Waals surface area contributed by atoms with Gasteiger partial charge in [-0.1, -0.05) is 25.4 Å². The highest BCUT2D eigenvalue weighted by Crippen LogP contribution is 2.36. The molecule has 116 valence electrons. The molecule has 0 amide bonds. The van der Waals surface area contributed by atoms with Crippen molar-refractivity contribution >= 4 is 22.9 Å². The molecule has 0 radical (unpaired) electrons. The van der Waals surface area contributed by atoms with Crippen LogP contribution >= 0.6 is 22.9 Å². The van der Waals surface area contributed by atoms with Crippen LogP contribution in [0.3, 0.4) is 0 Å². The minimum absolute atomic E-state index is 0.0152. The lowest BCUT2D eigenvalue weighted by Crippen LogP contribution is -2.26. The van der Waals surface area contributed by atoms with Crippen LogP contribution < -0.4 is 10.1 Å². The number of methoxy groups -OCH3 is 1. The maximum atomic E-state index is 6.36. The third kappa shape index (κ3) is 3.59. The Morgan fingerprint density at radius 2 is 2.24 bits per heavy atom. The SMILES string of the molecule is CCCNC(c1sccc1Cl)c1c(OC)cnn1CCC. The predicted octanol–water partition coefficient (Wildman–Crippen LogP) is 4.11. The fourth-order valence-corrected chi connectivity index (χ4v) is 3.57. The fourth-order valence-electron chi connectivity index (χ4n) is 2.33. The van der Waals surface area contributed by atoms with Gasteiger partial charge in [0.1, 0.15) is 5.69 Å². The van der Waals surface area contributed by atoms with Gasteiger partial charge < -0.3 is 10.1 Å². The molecule has 2 heterocycles. The van der Waals surface area contributed by atoms with E-state index in [1.807, 2.05) is 16.1 Å². The van der Waals surface area contributed by atoms with E-state index in [1.165, 1.54) is 0 Å². The Kier molecular flexibility index (Phi) is 6.08. The fraction of sp³-hybridized carbons (Fsp3) is 0.533. The molecule has 6 heteroatoms. The first-order chi connectivity index (χ1) is 10.2. The van der Waals surface area contributed by atoms with Gasteiger partial charge in [0, 0.05) is 11.4 Å². The number of hydrogen-bond acceptors (Lipinski definition) is 4. The number of hydrogen-bond donors (Lipinski definition) is 1. The van der Waals surface area contributed by atoms with Crippen molar-refractivity contribution in [1.82, 2.24) is 15.1 Å². The number of halogens is 1. The van der Waals surface area contributed by atoms with Crippen LogP contribution in [0, 0.1) is 0 Å². The third-order valence-electron chi connectivity index (χ3n) is 3.28. The Hall–Kier alpha value is -1.04. The lowest BCUT2D eigenvalue weighted by Gasteiger charge is -2.20. The van der Waals surface area contributed by atoms with Crippen molar-refractivity contribution in [1.29, 1.82) is 0 Å². The summed E-state index contributed by atoms with van der Waals surface area (Å²) in [6.07, 6.45) is 3.87. The van der Waals surface area contributed by atoms with Gasteiger partial charge in [-0.05, 0) is 30.8 Å². The van der Waals surface area contributed by atoms with Gasteiger partial charge in [-0.3, -0.25) is 4.68 Å². The molecule has 0 fully saturated rings. The van der Waals surface area contributed by atoms with E-state index in [2.05, 4.69) is 24.3 Å². The van der Waals surface area contributed by atoms with E-state index in [0.717, 1.165) is 47.3 Å². The lowest BCUT2D eigenvalue weighted by molar-refractivity contribution is 0.398. The van der Waals surface area contributed by atoms with Crippen LogP contribution in [-0.2, 0) is 6.54 Å². The molecule has 2 rings (SSSR count). The maximum Gasteiger partial charge on any atom is 0.161 e. The summed E-state index contributed by atoms with van der Waals surface area (Å²) in [5, 5.41) is 10.8. The average Bonchev–Trinajstić information content (AvgIpc) is 3.08. The topological polar surface area (TPSA) is 39.1 Å². The third-order valence-corrected chi connectivity index (χ3v) is 4.70. The first-order valence-corrected chi connectivity index (χ1v) is 8.54. The molecule has 0 saturated heterocycles. The van der Waals surface area contributed by atoms with Crippen LogP contribution in [0.2, 0.25) is 5.02 Å². The second-order valence-corrected chi connectivity index (χ2v) is 6.20. The molecule has 0 bridgehead atoms. The van der Waals surface area contributed by atoms with Crippen LogP contribution in [0.25, 0.3) is 0 Å². The Balaban J connectivity index is 2.45. The maximum absolute atomic E-state index is 6.36. The smallest absolute Gasteiger partial charge is 0.161 e. The van der Waals surface area contributed by atoms with Gasteiger partial charge in [0.15, 0.2) is 5.75 Å². The summed E-state index contributed by atoms with van der Waals surface area (Å²) in [6.45, 7) is 6.08. The molecular formula is C15H22ClN3OS. The van der Waals surface area contributed by atoms with Gasteiger partial charge in [0.25, 0.3) is 0 Å². The van der Waals surface area contributed by atoms with Crippen LogP contribution in [0.15, 0.2) is 17.6 Å². The minimum atomic E-state index is 0.0152. The number of nitrogens with zero attached hydrogens (tertiary/aromatic N) is 2. The normalized spacial score (nSPS) is 12.6. The van der Waals surface area contributed by atoms with Gasteiger partial charge in [0.2, 0.25) is 0 Å². The van der Waals surface area contributed by atoms with Gasteiger partial charge in [0.05, 0.1) is 24.4 Å². The molecule has 1 N–H and O–H groups in total. The summed E-state index contributed by atoms with van der Waals surface area (Å²) >= 11 is 8.02. The highest BCUT2D eigenvalue weighted by atomic mass is 35.5. The van der Waals surface area contributed by atoms with Gasteiger partial charge >= 0.3 is 0 Å². The van der Waals surface area contributed by atoms with Crippen molar-refractivity contribution in [2.24, 2.45) is 0 Å². The second-order valence-electron chi connectivity index (χ2n) is 4.84. The number of nitrogens with one attached hydrogen (secondary N) is 1. The molecule has 0 aliphatic heterocycles. The average molecular weight is 328 g/mol. The summed E-state index contributed by atoms with van der Waals surface area (Å²) < 4.78 is 7.53. The first-order valence-electron chi connectivity index (χ1n) is 7.28. The number of ether oxygens (including phenoxy) is 1. The quantitative estimate of drug-likeness (QED) is 0.793. The van der Waals surface area contributed by atoms with E-state index >= 15 is 0 Å². The molecule has 1 unspecified atom stereocenters. The van der Waals surface area contributed by atoms with Crippen molar-refractivity contribution in [2.75, 3.05) is 13.7 Å². The second kappa shape index (κ2) is 7.82. The van der Waals surface area contributed by atoms with E-state index in [9.17, 15) is 0 Å². The Bertz CT molecular complexity index is 567. The Labute approximate surface area is 135 Å². The molecule has 0 aliphatic rings. The zero-order chi connectivity index (χ0) is 15.2. The number of rotatable bonds is 8. The van der Waals surface area contributed by atoms with E-state index in [1.54, 1.807) is 24.6 Å². The molecule has 21 heavy (non-hydrogen) atoms. The van der Waals surface area contributed by atoms with Gasteiger partial charge in [-0.2, -0.15) is 5.10 Å². The predicted molar refractivity (Wildman–Crippen MR) is 88.5 cm³/mol. The summed E-state index contributed by atoms with van der Waals surface area (Å²) in [4.78, 5) is 1.11. The highest BCUT2D eigenvalue weighted by Gasteiger charge is 2.25. The molecule has 0 saturated carbocycles. The van der Waals surface area contributed by atoms with Crippen LogP contribution in [0.5, 0.6) is 5.75 Å². The molecule has 2 aromatic rings. The van der Waals surface area contributed by atoms with Crippen molar-refractivity contribution in [2.45, 2.75) is 39.3 Å². The molecule has 0 aromatic carbocycles. The monoisotopic (exact) mass is 327 g/mol. The van der Waals surface area contributed by atoms with E-state index < -0.39 is 0 Å². The van der Waals surface area contributed by atoms with Crippen molar-refractivity contribution < 1.29 is 4.74 Å². The highest BCUT2D eigenvalue weighted by molar-refractivity contribution is 7.10. The van der Waals surface area contributed by atoms with Gasteiger partial charge in [-0.25, -0.2) is 0 Å². The van der Waals surface area contributed by atoms with E-state index in [4.69, 9.17) is 16.3 Å². The summed E-state index contributed by atoms with van der Waals surface area (Å²) in [5.74, 6) is 0.807. The van der Waals surface area contributed by atoms with Crippen LogP contribution in [-0.4, -0.2) is 23.4 Å². The zero-order valence-electron chi connectivity index (χ0n) is 12.7. The zero-order valence-corrected chi connectivity index (χ0v) is 14.3. The lowest BCUT2D eigenvalue weighted by atomic mass is 10.1. The largest absolute Gasteiger partial charge is 0.493 e. The molecule has 0 aliphatic carbocycles. The van der Waals surface area contributed by atoms with E-state index in [0.29, 0.717) is 0 Å². The molecule has 1 atom stereocenters. The van der Waals surface area contributed by atoms with Crippen molar-refractivity contribution in [3.8, 4) is 5.75 Å². The molecular weight excluding hydrogens is 306 g/mol. The summed E-state index contributed by atoms with van der Waals surface area (Å²) in [7, 11) is 1.68. The summed E-state index contributed by atoms with van der Waals surface area (Å²) in [5.41, 5.74) is 1.05. The molecule has 0 spiro atoms. The Morgan fingerprint density at radius 1 is 1.43 bits per heavy atom. The van der Waals surface area contributed by atoms with Crippen molar-refractivity contribution in [3.63, 3.8) is 0 Å². The summed E-state index contributed by atoms with van der Waals surface area (Å²) in [6, 6.07) is 1.95. The van der Waals surface area contributed by atoms with Gasteiger partial charge in [-0.15, -0.1) is 11.3 Å². The Morgan fingerprint density at radius 3 is 2.81 bits per heavy atom. The minimum Gasteiger partial charge on any atom is -0.493 e. The number of aromatic nitrogens is 2. The first kappa shape index (κ1) is 16.3. The number of aryl methyl sites for hydroxylation is 1. The molecule has 2 aromatic heterocycles. The molecule has 4 nitrogen and oxygen atoms in total. The van der Waals surface area contributed by atoms with Crippen molar-refractivity contribution in [3.05, 3.63) is 33.2 Å². The van der Waals surface area contributed by atoms with Crippen LogP contribution in [0.1, 0.15) is 43.3 Å². The van der Waals surface area contributed by atoms with E-state index in [-0.39, 0.29) is 6.04 Å². The number of thiophene rings is 1.